The smallest absolute Gasteiger partial charge is 0.0768 e. The highest BCUT2D eigenvalue weighted by Gasteiger charge is 2.36. The molecule has 142 valence electrons. The van der Waals surface area contributed by atoms with E-state index in [4.69, 9.17) is 0 Å². The van der Waals surface area contributed by atoms with Crippen molar-refractivity contribution in [2.24, 2.45) is 0 Å². The molecule has 0 N–H and O–H groups in total. The summed E-state index contributed by atoms with van der Waals surface area (Å²) in [6, 6.07) is 1.54. The summed E-state index contributed by atoms with van der Waals surface area (Å²) in [5.74, 6) is 0. The summed E-state index contributed by atoms with van der Waals surface area (Å²) >= 11 is 4.21. The van der Waals surface area contributed by atoms with Crippen LogP contribution in [0.4, 0.5) is 0 Å². The van der Waals surface area contributed by atoms with Crippen LogP contribution in [0.5, 0.6) is 0 Å². The molecular formula is C20H40N2S2. The van der Waals surface area contributed by atoms with Crippen LogP contribution in [0.1, 0.15) is 99.8 Å². The molecule has 0 atom stereocenters. The zero-order valence-corrected chi connectivity index (χ0v) is 18.7. The van der Waals surface area contributed by atoms with Gasteiger partial charge in [-0.15, -0.1) is 0 Å². The first-order valence-electron chi connectivity index (χ1n) is 10.0. The van der Waals surface area contributed by atoms with Gasteiger partial charge in [0.15, 0.2) is 0 Å². The number of rotatable bonds is 6. The zero-order chi connectivity index (χ0) is 18.0. The van der Waals surface area contributed by atoms with Crippen molar-refractivity contribution < 1.29 is 0 Å². The first-order valence-corrected chi connectivity index (χ1v) is 11.7. The molecular weight excluding hydrogens is 332 g/mol. The molecule has 0 amide bonds. The molecule has 0 saturated heterocycles. The van der Waals surface area contributed by atoms with Crippen molar-refractivity contribution in [1.29, 1.82) is 0 Å². The Morgan fingerprint density at radius 2 is 0.958 bits per heavy atom. The molecule has 2 fully saturated rings. The van der Waals surface area contributed by atoms with Crippen LogP contribution in [0, 0.1) is 0 Å². The van der Waals surface area contributed by atoms with Crippen LogP contribution in [0.2, 0.25) is 0 Å². The Labute approximate surface area is 160 Å². The third kappa shape index (κ3) is 5.82. The number of nitrogens with zero attached hydrogens (tertiary/aromatic N) is 2. The fourth-order valence-electron chi connectivity index (χ4n) is 4.20. The van der Waals surface area contributed by atoms with E-state index >= 15 is 0 Å². The highest BCUT2D eigenvalue weighted by molar-refractivity contribution is 8.14. The van der Waals surface area contributed by atoms with E-state index in [0.717, 1.165) is 12.1 Å². The summed E-state index contributed by atoms with van der Waals surface area (Å²) < 4.78 is 6.03. The van der Waals surface area contributed by atoms with Crippen molar-refractivity contribution in [3.8, 4) is 0 Å². The van der Waals surface area contributed by atoms with E-state index in [9.17, 15) is 0 Å². The van der Waals surface area contributed by atoms with Crippen molar-refractivity contribution in [1.82, 2.24) is 8.61 Å². The molecule has 0 aromatic carbocycles. The average Bonchev–Trinajstić information content (AvgIpc) is 3.12. The molecule has 0 aliphatic heterocycles. The number of hydrogen-bond acceptors (Lipinski definition) is 4. The van der Waals surface area contributed by atoms with Gasteiger partial charge in [-0.25, -0.2) is 8.61 Å². The summed E-state index contributed by atoms with van der Waals surface area (Å²) in [4.78, 5) is 0. The minimum atomic E-state index is 0.244. The van der Waals surface area contributed by atoms with Crippen molar-refractivity contribution in [2.75, 3.05) is 0 Å². The summed E-state index contributed by atoms with van der Waals surface area (Å²) in [6.07, 6.45) is 11.2. The Morgan fingerprint density at radius 1 is 0.667 bits per heavy atom. The summed E-state index contributed by atoms with van der Waals surface area (Å²) in [5.41, 5.74) is 0.489. The molecule has 0 spiro atoms. The maximum Gasteiger partial charge on any atom is 0.0768 e. The van der Waals surface area contributed by atoms with Crippen LogP contribution < -0.4 is 0 Å². The lowest BCUT2D eigenvalue weighted by Crippen LogP contribution is -2.45. The van der Waals surface area contributed by atoms with E-state index in [1.165, 1.54) is 51.4 Å². The van der Waals surface area contributed by atoms with Gasteiger partial charge in [0.25, 0.3) is 0 Å². The van der Waals surface area contributed by atoms with Crippen LogP contribution in [0.15, 0.2) is 0 Å². The van der Waals surface area contributed by atoms with Gasteiger partial charge in [0.2, 0.25) is 0 Å². The third-order valence-electron chi connectivity index (χ3n) is 5.16. The summed E-state index contributed by atoms with van der Waals surface area (Å²) in [7, 11) is 0. The average molecular weight is 373 g/mol. The van der Waals surface area contributed by atoms with E-state index in [-0.39, 0.29) is 11.1 Å². The molecule has 0 unspecified atom stereocenters. The van der Waals surface area contributed by atoms with Crippen molar-refractivity contribution in [3.63, 3.8) is 0 Å². The molecule has 0 radical (unpaired) electrons. The Kier molecular flexibility index (Phi) is 7.45. The molecule has 0 heterocycles. The van der Waals surface area contributed by atoms with E-state index < -0.39 is 0 Å². The van der Waals surface area contributed by atoms with E-state index in [0.29, 0.717) is 4.58 Å². The molecule has 0 aromatic heterocycles. The lowest BCUT2D eigenvalue weighted by molar-refractivity contribution is 0.208. The molecule has 4 heteroatoms. The Bertz CT molecular complexity index is 338. The van der Waals surface area contributed by atoms with Gasteiger partial charge in [-0.1, -0.05) is 49.6 Å². The Balaban J connectivity index is 2.00. The monoisotopic (exact) mass is 372 g/mol. The van der Waals surface area contributed by atoms with Gasteiger partial charge < -0.3 is 0 Å². The molecule has 2 aliphatic rings. The normalized spacial score (nSPS) is 21.8. The predicted molar refractivity (Wildman–Crippen MR) is 112 cm³/mol. The molecule has 0 aromatic rings. The first-order chi connectivity index (χ1) is 11.1. The molecule has 2 nitrogen and oxygen atoms in total. The molecule has 2 aliphatic carbocycles. The highest BCUT2D eigenvalue weighted by atomic mass is 32.2. The second-order valence-electron chi connectivity index (χ2n) is 9.65. The topological polar surface area (TPSA) is 6.48 Å². The second kappa shape index (κ2) is 8.54. The van der Waals surface area contributed by atoms with Crippen molar-refractivity contribution in [2.45, 2.75) is 128 Å². The van der Waals surface area contributed by atoms with Gasteiger partial charge in [0, 0.05) is 23.2 Å². The number of hydrogen-bond donors (Lipinski definition) is 0. The van der Waals surface area contributed by atoms with Crippen LogP contribution in [-0.4, -0.2) is 36.4 Å². The maximum absolute atomic E-state index is 2.73. The van der Waals surface area contributed by atoms with Crippen molar-refractivity contribution >= 4 is 23.9 Å². The standard InChI is InChI=1S/C20H40N2S2/c1-16(23-21(19(2,3)4)17-12-8-9-13-17)24-22(20(5,6)7)18-14-10-11-15-18/h16-18H,8-15H2,1-7H3. The quantitative estimate of drug-likeness (QED) is 0.377. The zero-order valence-electron chi connectivity index (χ0n) is 17.1. The van der Waals surface area contributed by atoms with E-state index in [1.54, 1.807) is 0 Å². The Hall–Kier alpha value is 0.620. The lowest BCUT2D eigenvalue weighted by Gasteiger charge is -2.44. The van der Waals surface area contributed by atoms with Crippen LogP contribution in [0.3, 0.4) is 0 Å². The van der Waals surface area contributed by atoms with Gasteiger partial charge in [-0.2, -0.15) is 0 Å². The van der Waals surface area contributed by atoms with Gasteiger partial charge in [-0.3, -0.25) is 0 Å². The van der Waals surface area contributed by atoms with Gasteiger partial charge >= 0.3 is 0 Å². The predicted octanol–water partition coefficient (Wildman–Crippen LogP) is 6.72. The minimum absolute atomic E-state index is 0.244. The first kappa shape index (κ1) is 20.9. The summed E-state index contributed by atoms with van der Waals surface area (Å²) in [6.45, 7) is 16.7. The largest absolute Gasteiger partial charge is 0.241 e. The van der Waals surface area contributed by atoms with Crippen LogP contribution in [0.25, 0.3) is 0 Å². The molecule has 2 rings (SSSR count). The fraction of sp³-hybridized carbons (Fsp3) is 1.00. The SMILES string of the molecule is CC(SN(C1CCCC1)C(C)(C)C)SN(C1CCCC1)C(C)(C)C. The maximum atomic E-state index is 2.73. The van der Waals surface area contributed by atoms with Gasteiger partial charge in [-0.05, 0) is 74.1 Å². The Morgan fingerprint density at radius 3 is 1.21 bits per heavy atom. The molecule has 2 saturated carbocycles. The second-order valence-corrected chi connectivity index (χ2v) is 12.6. The van der Waals surface area contributed by atoms with Gasteiger partial charge in [0.05, 0.1) is 4.58 Å². The van der Waals surface area contributed by atoms with Gasteiger partial charge in [0.1, 0.15) is 0 Å². The highest BCUT2D eigenvalue weighted by Crippen LogP contribution is 2.43. The fourth-order valence-corrected chi connectivity index (χ4v) is 6.95. The van der Waals surface area contributed by atoms with E-state index in [1.807, 2.05) is 0 Å². The van der Waals surface area contributed by atoms with Crippen LogP contribution in [-0.2, 0) is 0 Å². The van der Waals surface area contributed by atoms with E-state index in [2.05, 4.69) is 81.0 Å². The summed E-state index contributed by atoms with van der Waals surface area (Å²) in [5, 5.41) is 0. The molecule has 0 bridgehead atoms. The lowest BCUT2D eigenvalue weighted by atomic mass is 10.1. The third-order valence-corrected chi connectivity index (χ3v) is 8.42. The minimum Gasteiger partial charge on any atom is -0.241 e. The van der Waals surface area contributed by atoms with Crippen LogP contribution >= 0.6 is 23.9 Å². The van der Waals surface area contributed by atoms with Crippen molar-refractivity contribution in [3.05, 3.63) is 0 Å². The molecule has 24 heavy (non-hydrogen) atoms.